The van der Waals surface area contributed by atoms with Gasteiger partial charge in [-0.15, -0.1) is 0 Å². The third kappa shape index (κ3) is 3.82. The summed E-state index contributed by atoms with van der Waals surface area (Å²) in [5.41, 5.74) is 0.721. The maximum absolute atomic E-state index is 11.8. The molecule has 0 aliphatic carbocycles. The molecule has 1 atom stereocenters. The standard InChI is InChI=1S/C13H12Cl2N4O/c1-8(13-16-7-17-19-13)18-12(20)5-3-9-2-4-10(14)6-11(9)15/h2-8H,1H3,(H,18,20)(H,16,17,19)/b5-3+. The average molecular weight is 311 g/mol. The zero-order chi connectivity index (χ0) is 14.5. The number of amides is 1. The summed E-state index contributed by atoms with van der Waals surface area (Å²) in [6, 6.07) is 4.82. The lowest BCUT2D eigenvalue weighted by Gasteiger charge is -2.08. The van der Waals surface area contributed by atoms with Crippen molar-refractivity contribution in [3.63, 3.8) is 0 Å². The molecule has 7 heteroatoms. The molecule has 2 rings (SSSR count). The Bertz CT molecular complexity index is 625. The van der Waals surface area contributed by atoms with Gasteiger partial charge in [-0.05, 0) is 30.7 Å². The molecule has 0 radical (unpaired) electrons. The Hall–Kier alpha value is -1.85. The summed E-state index contributed by atoms with van der Waals surface area (Å²) < 4.78 is 0. The lowest BCUT2D eigenvalue weighted by molar-refractivity contribution is -0.117. The lowest BCUT2D eigenvalue weighted by Crippen LogP contribution is -2.25. The van der Waals surface area contributed by atoms with Gasteiger partial charge in [0.05, 0.1) is 6.04 Å². The summed E-state index contributed by atoms with van der Waals surface area (Å²) in [6.07, 6.45) is 4.42. The number of nitrogens with one attached hydrogen (secondary N) is 2. The summed E-state index contributed by atoms with van der Waals surface area (Å²) in [7, 11) is 0. The number of aromatic nitrogens is 3. The molecular formula is C13H12Cl2N4O. The first-order chi connectivity index (χ1) is 9.56. The fraction of sp³-hybridized carbons (Fsp3) is 0.154. The molecule has 1 amide bonds. The number of carbonyl (C=O) groups excluding carboxylic acids is 1. The first-order valence-corrected chi connectivity index (χ1v) is 6.61. The first-order valence-electron chi connectivity index (χ1n) is 5.85. The van der Waals surface area contributed by atoms with Gasteiger partial charge in [-0.3, -0.25) is 9.89 Å². The number of H-pyrrole nitrogens is 1. The quantitative estimate of drug-likeness (QED) is 0.853. The molecule has 0 bridgehead atoms. The van der Waals surface area contributed by atoms with Crippen LogP contribution in [0.3, 0.4) is 0 Å². The van der Waals surface area contributed by atoms with Gasteiger partial charge in [0.1, 0.15) is 12.2 Å². The van der Waals surface area contributed by atoms with E-state index in [2.05, 4.69) is 20.5 Å². The molecule has 1 unspecified atom stereocenters. The second kappa shape index (κ2) is 6.54. The summed E-state index contributed by atoms with van der Waals surface area (Å²) >= 11 is 11.8. The van der Waals surface area contributed by atoms with E-state index in [0.29, 0.717) is 15.9 Å². The maximum atomic E-state index is 11.8. The molecule has 1 aromatic heterocycles. The van der Waals surface area contributed by atoms with Crippen molar-refractivity contribution in [1.29, 1.82) is 0 Å². The molecule has 20 heavy (non-hydrogen) atoms. The molecule has 0 saturated carbocycles. The molecule has 0 spiro atoms. The van der Waals surface area contributed by atoms with Gasteiger partial charge < -0.3 is 5.32 Å². The predicted octanol–water partition coefficient (Wildman–Crippen LogP) is 3.00. The van der Waals surface area contributed by atoms with E-state index in [9.17, 15) is 4.79 Å². The number of aromatic amines is 1. The maximum Gasteiger partial charge on any atom is 0.244 e. The van der Waals surface area contributed by atoms with Crippen molar-refractivity contribution in [3.05, 3.63) is 52.0 Å². The molecule has 0 aliphatic heterocycles. The monoisotopic (exact) mass is 310 g/mol. The Morgan fingerprint density at radius 2 is 2.25 bits per heavy atom. The van der Waals surface area contributed by atoms with Gasteiger partial charge in [-0.2, -0.15) is 5.10 Å². The summed E-state index contributed by atoms with van der Waals surface area (Å²) in [6.45, 7) is 1.81. The van der Waals surface area contributed by atoms with Gasteiger partial charge in [0.25, 0.3) is 0 Å². The van der Waals surface area contributed by atoms with E-state index in [1.54, 1.807) is 24.3 Å². The summed E-state index contributed by atoms with van der Waals surface area (Å²) in [5.74, 6) is 0.344. The van der Waals surface area contributed by atoms with Crippen LogP contribution in [-0.2, 0) is 4.79 Å². The van der Waals surface area contributed by atoms with Crippen molar-refractivity contribution in [2.45, 2.75) is 13.0 Å². The molecule has 2 N–H and O–H groups in total. The van der Waals surface area contributed by atoms with E-state index in [1.165, 1.54) is 12.4 Å². The molecule has 1 aromatic carbocycles. The highest BCUT2D eigenvalue weighted by atomic mass is 35.5. The fourth-order valence-corrected chi connectivity index (χ4v) is 2.03. The number of hydrogen-bond donors (Lipinski definition) is 2. The Morgan fingerprint density at radius 3 is 2.90 bits per heavy atom. The van der Waals surface area contributed by atoms with E-state index in [4.69, 9.17) is 23.2 Å². The lowest BCUT2D eigenvalue weighted by atomic mass is 10.2. The van der Waals surface area contributed by atoms with Crippen LogP contribution in [0.1, 0.15) is 24.4 Å². The minimum atomic E-state index is -0.254. The summed E-state index contributed by atoms with van der Waals surface area (Å²) in [4.78, 5) is 15.7. The topological polar surface area (TPSA) is 70.7 Å². The van der Waals surface area contributed by atoms with E-state index >= 15 is 0 Å². The van der Waals surface area contributed by atoms with Gasteiger partial charge >= 0.3 is 0 Å². The van der Waals surface area contributed by atoms with Crippen molar-refractivity contribution in [3.8, 4) is 0 Å². The molecule has 0 saturated heterocycles. The number of nitrogens with zero attached hydrogens (tertiary/aromatic N) is 2. The van der Waals surface area contributed by atoms with Crippen molar-refractivity contribution < 1.29 is 4.79 Å². The second-order valence-corrected chi connectivity index (χ2v) is 4.94. The van der Waals surface area contributed by atoms with Crippen LogP contribution in [0.25, 0.3) is 6.08 Å². The van der Waals surface area contributed by atoms with E-state index < -0.39 is 0 Å². The van der Waals surface area contributed by atoms with E-state index in [1.807, 2.05) is 6.92 Å². The van der Waals surface area contributed by atoms with E-state index in [-0.39, 0.29) is 11.9 Å². The van der Waals surface area contributed by atoms with Crippen molar-refractivity contribution in [2.75, 3.05) is 0 Å². The zero-order valence-corrected chi connectivity index (χ0v) is 12.1. The van der Waals surface area contributed by atoms with Crippen LogP contribution in [0.4, 0.5) is 0 Å². The van der Waals surface area contributed by atoms with Crippen molar-refractivity contribution in [2.24, 2.45) is 0 Å². The number of halogens is 2. The van der Waals surface area contributed by atoms with Gasteiger partial charge in [-0.25, -0.2) is 4.98 Å². The number of rotatable bonds is 4. The predicted molar refractivity (Wildman–Crippen MR) is 78.4 cm³/mol. The average Bonchev–Trinajstić information content (AvgIpc) is 2.91. The van der Waals surface area contributed by atoms with Crippen molar-refractivity contribution in [1.82, 2.24) is 20.5 Å². The van der Waals surface area contributed by atoms with Gasteiger partial charge in [0, 0.05) is 16.1 Å². The minimum absolute atomic E-state index is 0.250. The van der Waals surface area contributed by atoms with Crippen LogP contribution in [0.15, 0.2) is 30.6 Å². The highest BCUT2D eigenvalue weighted by Gasteiger charge is 2.09. The third-order valence-electron chi connectivity index (χ3n) is 2.58. The first kappa shape index (κ1) is 14.6. The SMILES string of the molecule is CC(NC(=O)/C=C/c1ccc(Cl)cc1Cl)c1ncn[nH]1. The highest BCUT2D eigenvalue weighted by molar-refractivity contribution is 6.35. The minimum Gasteiger partial charge on any atom is -0.343 e. The van der Waals surface area contributed by atoms with Crippen LogP contribution < -0.4 is 5.32 Å². The summed E-state index contributed by atoms with van der Waals surface area (Å²) in [5, 5.41) is 10.2. The molecule has 5 nitrogen and oxygen atoms in total. The number of benzene rings is 1. The van der Waals surface area contributed by atoms with Crippen LogP contribution in [0.2, 0.25) is 10.0 Å². The third-order valence-corrected chi connectivity index (χ3v) is 3.14. The van der Waals surface area contributed by atoms with Gasteiger partial charge in [0.15, 0.2) is 0 Å². The number of hydrogen-bond acceptors (Lipinski definition) is 3. The molecule has 0 aliphatic rings. The normalized spacial score (nSPS) is 12.6. The van der Waals surface area contributed by atoms with Crippen molar-refractivity contribution >= 4 is 35.2 Å². The van der Waals surface area contributed by atoms with Crippen LogP contribution in [0.5, 0.6) is 0 Å². The zero-order valence-electron chi connectivity index (χ0n) is 10.6. The molecule has 104 valence electrons. The largest absolute Gasteiger partial charge is 0.343 e. The Balaban J connectivity index is 1.99. The molecule has 1 heterocycles. The van der Waals surface area contributed by atoms with Crippen LogP contribution in [-0.4, -0.2) is 21.1 Å². The Kier molecular flexibility index (Phi) is 4.76. The number of carbonyl (C=O) groups is 1. The Morgan fingerprint density at radius 1 is 1.45 bits per heavy atom. The molecule has 0 fully saturated rings. The Labute approximate surface area is 126 Å². The van der Waals surface area contributed by atoms with E-state index in [0.717, 1.165) is 5.56 Å². The fourth-order valence-electron chi connectivity index (χ4n) is 1.56. The smallest absolute Gasteiger partial charge is 0.244 e. The van der Waals surface area contributed by atoms with Crippen LogP contribution >= 0.6 is 23.2 Å². The second-order valence-electron chi connectivity index (χ2n) is 4.10. The molecular weight excluding hydrogens is 299 g/mol. The van der Waals surface area contributed by atoms with Gasteiger partial charge in [0.2, 0.25) is 5.91 Å². The highest BCUT2D eigenvalue weighted by Crippen LogP contribution is 2.21. The molecule has 2 aromatic rings. The van der Waals surface area contributed by atoms with Gasteiger partial charge in [-0.1, -0.05) is 29.3 Å². The van der Waals surface area contributed by atoms with Crippen LogP contribution in [0, 0.1) is 0 Å².